The molecule has 2 heteroatoms. The van der Waals surface area contributed by atoms with Crippen LogP contribution >= 0.6 is 0 Å². The molecule has 0 aliphatic carbocycles. The van der Waals surface area contributed by atoms with Crippen LogP contribution in [0.3, 0.4) is 0 Å². The standard InChI is InChI=1S/C11H23NO/c1-4-10-6-5-7-12(10)8-11(13)9(2)3/h9-11,13H,4-8H2,1-3H3. The second-order valence-electron chi connectivity index (χ2n) is 4.51. The molecular weight excluding hydrogens is 162 g/mol. The Morgan fingerprint density at radius 1 is 1.46 bits per heavy atom. The van der Waals surface area contributed by atoms with Crippen molar-refractivity contribution in [1.82, 2.24) is 4.90 Å². The molecule has 0 bridgehead atoms. The third-order valence-electron chi connectivity index (χ3n) is 3.16. The lowest BCUT2D eigenvalue weighted by atomic mass is 10.1. The van der Waals surface area contributed by atoms with E-state index in [1.165, 1.54) is 25.8 Å². The Balaban J connectivity index is 2.34. The van der Waals surface area contributed by atoms with E-state index in [1.54, 1.807) is 0 Å². The average Bonchev–Trinajstić information content (AvgIpc) is 2.51. The summed E-state index contributed by atoms with van der Waals surface area (Å²) in [5.74, 6) is 0.387. The largest absolute Gasteiger partial charge is 0.392 e. The van der Waals surface area contributed by atoms with Gasteiger partial charge in [-0.3, -0.25) is 4.90 Å². The maximum Gasteiger partial charge on any atom is 0.0690 e. The Kier molecular flexibility index (Phi) is 4.20. The van der Waals surface area contributed by atoms with Crippen molar-refractivity contribution in [1.29, 1.82) is 0 Å². The van der Waals surface area contributed by atoms with Crippen LogP contribution in [0.5, 0.6) is 0 Å². The van der Waals surface area contributed by atoms with Crippen LogP contribution in [0, 0.1) is 5.92 Å². The fourth-order valence-electron chi connectivity index (χ4n) is 2.05. The third kappa shape index (κ3) is 2.96. The van der Waals surface area contributed by atoms with Gasteiger partial charge in [0.2, 0.25) is 0 Å². The lowest BCUT2D eigenvalue weighted by Gasteiger charge is -2.27. The van der Waals surface area contributed by atoms with Crippen molar-refractivity contribution >= 4 is 0 Å². The molecule has 0 aromatic heterocycles. The molecule has 1 rings (SSSR count). The van der Waals surface area contributed by atoms with E-state index < -0.39 is 0 Å². The summed E-state index contributed by atoms with van der Waals surface area (Å²) in [7, 11) is 0. The highest BCUT2D eigenvalue weighted by atomic mass is 16.3. The molecule has 78 valence electrons. The highest BCUT2D eigenvalue weighted by Crippen LogP contribution is 2.20. The lowest BCUT2D eigenvalue weighted by Crippen LogP contribution is -2.37. The minimum absolute atomic E-state index is 0.146. The van der Waals surface area contributed by atoms with Gasteiger partial charge in [0, 0.05) is 12.6 Å². The third-order valence-corrected chi connectivity index (χ3v) is 3.16. The molecule has 1 N–H and O–H groups in total. The van der Waals surface area contributed by atoms with Crippen LogP contribution in [0.4, 0.5) is 0 Å². The van der Waals surface area contributed by atoms with Crippen LogP contribution in [-0.4, -0.2) is 35.2 Å². The van der Waals surface area contributed by atoms with Gasteiger partial charge >= 0.3 is 0 Å². The lowest BCUT2D eigenvalue weighted by molar-refractivity contribution is 0.0705. The van der Waals surface area contributed by atoms with Gasteiger partial charge < -0.3 is 5.11 Å². The predicted molar refractivity (Wildman–Crippen MR) is 55.7 cm³/mol. The van der Waals surface area contributed by atoms with E-state index in [-0.39, 0.29) is 6.10 Å². The zero-order valence-corrected chi connectivity index (χ0v) is 9.16. The Labute approximate surface area is 81.9 Å². The number of likely N-dealkylation sites (tertiary alicyclic amines) is 1. The first-order valence-corrected chi connectivity index (χ1v) is 5.57. The van der Waals surface area contributed by atoms with Crippen LogP contribution < -0.4 is 0 Å². The van der Waals surface area contributed by atoms with Crippen LogP contribution in [-0.2, 0) is 0 Å². The fraction of sp³-hybridized carbons (Fsp3) is 1.00. The first kappa shape index (κ1) is 11.0. The molecule has 2 unspecified atom stereocenters. The van der Waals surface area contributed by atoms with Gasteiger partial charge in [-0.05, 0) is 31.7 Å². The molecule has 0 saturated carbocycles. The number of rotatable bonds is 4. The molecule has 2 atom stereocenters. The summed E-state index contributed by atoms with van der Waals surface area (Å²) in [6, 6.07) is 0.730. The van der Waals surface area contributed by atoms with E-state index in [4.69, 9.17) is 0 Å². The zero-order valence-electron chi connectivity index (χ0n) is 9.16. The number of aliphatic hydroxyl groups excluding tert-OH is 1. The van der Waals surface area contributed by atoms with Crippen molar-refractivity contribution in [2.45, 2.75) is 52.2 Å². The molecule has 2 nitrogen and oxygen atoms in total. The maximum atomic E-state index is 9.76. The number of β-amino-alcohol motifs (C(OH)–C–C–N with tert-alkyl or cyclic N) is 1. The Bertz CT molecular complexity index is 147. The van der Waals surface area contributed by atoms with Crippen molar-refractivity contribution in [3.63, 3.8) is 0 Å². The number of hydrogen-bond donors (Lipinski definition) is 1. The monoisotopic (exact) mass is 185 g/mol. The predicted octanol–water partition coefficient (Wildman–Crippen LogP) is 1.88. The molecule has 0 radical (unpaired) electrons. The second-order valence-corrected chi connectivity index (χ2v) is 4.51. The molecule has 0 spiro atoms. The SMILES string of the molecule is CCC1CCCN1CC(O)C(C)C. The van der Waals surface area contributed by atoms with Gasteiger partial charge in [-0.1, -0.05) is 20.8 Å². The van der Waals surface area contributed by atoms with Crippen molar-refractivity contribution in [2.75, 3.05) is 13.1 Å². The van der Waals surface area contributed by atoms with E-state index >= 15 is 0 Å². The number of nitrogens with zero attached hydrogens (tertiary/aromatic N) is 1. The van der Waals surface area contributed by atoms with Crippen LogP contribution in [0.1, 0.15) is 40.0 Å². The molecule has 13 heavy (non-hydrogen) atoms. The van der Waals surface area contributed by atoms with Gasteiger partial charge in [-0.25, -0.2) is 0 Å². The highest BCUT2D eigenvalue weighted by molar-refractivity contribution is 4.80. The van der Waals surface area contributed by atoms with E-state index in [1.807, 2.05) is 0 Å². The minimum Gasteiger partial charge on any atom is -0.392 e. The second kappa shape index (κ2) is 4.97. The minimum atomic E-state index is -0.146. The Morgan fingerprint density at radius 2 is 2.15 bits per heavy atom. The average molecular weight is 185 g/mol. The molecule has 1 aliphatic rings. The summed E-state index contributed by atoms with van der Waals surface area (Å²) in [5, 5.41) is 9.76. The van der Waals surface area contributed by atoms with E-state index in [0.717, 1.165) is 12.6 Å². The van der Waals surface area contributed by atoms with Gasteiger partial charge in [-0.15, -0.1) is 0 Å². The quantitative estimate of drug-likeness (QED) is 0.723. The molecule has 0 aromatic rings. The van der Waals surface area contributed by atoms with Crippen molar-refractivity contribution in [3.8, 4) is 0 Å². The summed E-state index contributed by atoms with van der Waals surface area (Å²) < 4.78 is 0. The molecule has 1 aliphatic heterocycles. The summed E-state index contributed by atoms with van der Waals surface area (Å²) in [5.41, 5.74) is 0. The Morgan fingerprint density at radius 3 is 2.69 bits per heavy atom. The molecule has 1 fully saturated rings. The van der Waals surface area contributed by atoms with Gasteiger partial charge in [0.15, 0.2) is 0 Å². The molecule has 1 saturated heterocycles. The van der Waals surface area contributed by atoms with Gasteiger partial charge in [0.1, 0.15) is 0 Å². The Hall–Kier alpha value is -0.0800. The van der Waals surface area contributed by atoms with Gasteiger partial charge in [-0.2, -0.15) is 0 Å². The normalized spacial score (nSPS) is 27.0. The molecule has 0 amide bonds. The first-order valence-electron chi connectivity index (χ1n) is 5.57. The number of hydrogen-bond acceptors (Lipinski definition) is 2. The van der Waals surface area contributed by atoms with Crippen LogP contribution in [0.2, 0.25) is 0 Å². The molecule has 1 heterocycles. The van der Waals surface area contributed by atoms with Crippen molar-refractivity contribution in [2.24, 2.45) is 5.92 Å². The van der Waals surface area contributed by atoms with Gasteiger partial charge in [0.05, 0.1) is 6.10 Å². The molecule has 0 aromatic carbocycles. The van der Waals surface area contributed by atoms with Gasteiger partial charge in [0.25, 0.3) is 0 Å². The van der Waals surface area contributed by atoms with Crippen LogP contribution in [0.25, 0.3) is 0 Å². The van der Waals surface area contributed by atoms with E-state index in [0.29, 0.717) is 5.92 Å². The van der Waals surface area contributed by atoms with Crippen molar-refractivity contribution < 1.29 is 5.11 Å². The van der Waals surface area contributed by atoms with E-state index in [9.17, 15) is 5.11 Å². The van der Waals surface area contributed by atoms with E-state index in [2.05, 4.69) is 25.7 Å². The van der Waals surface area contributed by atoms with Crippen LogP contribution in [0.15, 0.2) is 0 Å². The number of aliphatic hydroxyl groups is 1. The molecular formula is C11H23NO. The zero-order chi connectivity index (χ0) is 9.84. The summed E-state index contributed by atoms with van der Waals surface area (Å²) in [6.45, 7) is 8.46. The highest BCUT2D eigenvalue weighted by Gasteiger charge is 2.25. The summed E-state index contributed by atoms with van der Waals surface area (Å²) in [6.07, 6.45) is 3.71. The smallest absolute Gasteiger partial charge is 0.0690 e. The summed E-state index contributed by atoms with van der Waals surface area (Å²) >= 11 is 0. The summed E-state index contributed by atoms with van der Waals surface area (Å²) in [4.78, 5) is 2.45. The van der Waals surface area contributed by atoms with Crippen molar-refractivity contribution in [3.05, 3.63) is 0 Å². The maximum absolute atomic E-state index is 9.76. The first-order chi connectivity index (χ1) is 6.15. The topological polar surface area (TPSA) is 23.5 Å². The fourth-order valence-corrected chi connectivity index (χ4v) is 2.05.